The second kappa shape index (κ2) is 5.31. The highest BCUT2D eigenvalue weighted by Gasteiger charge is 2.24. The lowest BCUT2D eigenvalue weighted by Gasteiger charge is -2.21. The molecule has 0 bridgehead atoms. The summed E-state index contributed by atoms with van der Waals surface area (Å²) in [7, 11) is 0. The molecule has 1 aromatic carbocycles. The van der Waals surface area contributed by atoms with E-state index in [4.69, 9.17) is 0 Å². The summed E-state index contributed by atoms with van der Waals surface area (Å²) in [5, 5.41) is 0.496. The van der Waals surface area contributed by atoms with Crippen LogP contribution in [0, 0.1) is 5.41 Å². The fourth-order valence-electron chi connectivity index (χ4n) is 1.91. The van der Waals surface area contributed by atoms with E-state index in [1.165, 1.54) is 4.68 Å². The van der Waals surface area contributed by atoms with Crippen LogP contribution in [0.25, 0.3) is 10.9 Å². The minimum Gasteiger partial charge on any atom is -0.273 e. The summed E-state index contributed by atoms with van der Waals surface area (Å²) in [4.78, 5) is 29.3. The molecule has 0 aliphatic heterocycles. The van der Waals surface area contributed by atoms with E-state index in [0.29, 0.717) is 16.7 Å². The molecule has 0 radical (unpaired) electrons. The van der Waals surface area contributed by atoms with Crippen LogP contribution in [0.1, 0.15) is 46.4 Å². The van der Waals surface area contributed by atoms with Crippen molar-refractivity contribution in [1.29, 1.82) is 0 Å². The van der Waals surface area contributed by atoms with Crippen LogP contribution in [0.4, 0.5) is 0 Å². The molecule has 0 saturated carbocycles. The lowest BCUT2D eigenvalue weighted by molar-refractivity contribution is -0.124. The maximum atomic E-state index is 12.6. The number of carbonyl (C=O) groups is 1. The van der Waals surface area contributed by atoms with Crippen LogP contribution in [-0.2, 0) is 4.79 Å². The molecule has 112 valence electrons. The van der Waals surface area contributed by atoms with E-state index in [9.17, 15) is 9.59 Å². The molecular formula is C16H21N3O2. The molecule has 0 fully saturated rings. The van der Waals surface area contributed by atoms with Crippen LogP contribution < -0.4 is 11.0 Å². The topological polar surface area (TPSA) is 64.0 Å². The van der Waals surface area contributed by atoms with E-state index in [0.717, 1.165) is 0 Å². The Hall–Kier alpha value is -2.17. The third kappa shape index (κ3) is 2.96. The lowest BCUT2D eigenvalue weighted by Crippen LogP contribution is -2.41. The molecule has 0 aliphatic carbocycles. The normalized spacial score (nSPS) is 11.9. The monoisotopic (exact) mass is 287 g/mol. The van der Waals surface area contributed by atoms with Gasteiger partial charge >= 0.3 is 0 Å². The first kappa shape index (κ1) is 15.2. The zero-order valence-corrected chi connectivity index (χ0v) is 13.1. The standard InChI is InChI=1S/C16H21N3O2/c1-10(2)13-17-12-9-7-6-8-11(12)14(20)19(13)18-15(21)16(3,4)5/h6-10H,1-5H3,(H,18,21). The molecular weight excluding hydrogens is 266 g/mol. The second-order valence-corrected chi connectivity index (χ2v) is 6.47. The van der Waals surface area contributed by atoms with Gasteiger partial charge in [-0.15, -0.1) is 0 Å². The van der Waals surface area contributed by atoms with Gasteiger partial charge < -0.3 is 0 Å². The van der Waals surface area contributed by atoms with Crippen molar-refractivity contribution in [3.8, 4) is 0 Å². The van der Waals surface area contributed by atoms with E-state index in [-0.39, 0.29) is 17.4 Å². The van der Waals surface area contributed by atoms with Gasteiger partial charge in [-0.2, -0.15) is 0 Å². The van der Waals surface area contributed by atoms with Gasteiger partial charge in [-0.05, 0) is 12.1 Å². The predicted octanol–water partition coefficient (Wildman–Crippen LogP) is 2.64. The van der Waals surface area contributed by atoms with Gasteiger partial charge in [0.05, 0.1) is 10.9 Å². The third-order valence-corrected chi connectivity index (χ3v) is 3.21. The van der Waals surface area contributed by atoms with Gasteiger partial charge in [0.1, 0.15) is 5.82 Å². The van der Waals surface area contributed by atoms with Gasteiger partial charge in [0.15, 0.2) is 0 Å². The first-order chi connectivity index (χ1) is 9.71. The smallest absolute Gasteiger partial charge is 0.273 e. The number of hydrogen-bond acceptors (Lipinski definition) is 3. The molecule has 0 aliphatic rings. The zero-order chi connectivity index (χ0) is 15.8. The van der Waals surface area contributed by atoms with E-state index in [1.54, 1.807) is 39.0 Å². The molecule has 1 amide bonds. The van der Waals surface area contributed by atoms with Gasteiger partial charge in [-0.1, -0.05) is 46.8 Å². The Morgan fingerprint density at radius 1 is 1.24 bits per heavy atom. The predicted molar refractivity (Wildman–Crippen MR) is 83.9 cm³/mol. The number of benzene rings is 1. The van der Waals surface area contributed by atoms with Gasteiger partial charge in [0.2, 0.25) is 5.91 Å². The molecule has 5 heteroatoms. The number of fused-ring (bicyclic) bond motifs is 1. The average molecular weight is 287 g/mol. The number of nitrogens with one attached hydrogen (secondary N) is 1. The minimum absolute atomic E-state index is 0.0163. The van der Waals surface area contributed by atoms with Gasteiger partial charge in [-0.25, -0.2) is 9.66 Å². The third-order valence-electron chi connectivity index (χ3n) is 3.21. The van der Waals surface area contributed by atoms with Crippen LogP contribution in [0.2, 0.25) is 0 Å². The largest absolute Gasteiger partial charge is 0.280 e. The van der Waals surface area contributed by atoms with E-state index in [2.05, 4.69) is 10.4 Å². The molecule has 21 heavy (non-hydrogen) atoms. The Kier molecular flexibility index (Phi) is 3.85. The van der Waals surface area contributed by atoms with Gasteiger partial charge in [0.25, 0.3) is 5.56 Å². The minimum atomic E-state index is -0.584. The maximum Gasteiger partial charge on any atom is 0.280 e. The average Bonchev–Trinajstić information content (AvgIpc) is 2.40. The first-order valence-corrected chi connectivity index (χ1v) is 7.05. The summed E-state index contributed by atoms with van der Waals surface area (Å²) in [6, 6.07) is 7.15. The van der Waals surface area contributed by atoms with Crippen LogP contribution >= 0.6 is 0 Å². The number of aromatic nitrogens is 2. The fourth-order valence-corrected chi connectivity index (χ4v) is 1.91. The lowest BCUT2D eigenvalue weighted by atomic mass is 9.96. The SMILES string of the molecule is CC(C)c1nc2ccccc2c(=O)n1NC(=O)C(C)(C)C. The number of rotatable bonds is 2. The summed E-state index contributed by atoms with van der Waals surface area (Å²) >= 11 is 0. The van der Waals surface area contributed by atoms with Crippen molar-refractivity contribution in [2.75, 3.05) is 5.43 Å². The molecule has 1 N–H and O–H groups in total. The van der Waals surface area contributed by atoms with Crippen molar-refractivity contribution in [2.24, 2.45) is 5.41 Å². The summed E-state index contributed by atoms with van der Waals surface area (Å²) < 4.78 is 1.28. The van der Waals surface area contributed by atoms with Crippen LogP contribution in [0.15, 0.2) is 29.1 Å². The van der Waals surface area contributed by atoms with Crippen molar-refractivity contribution in [3.63, 3.8) is 0 Å². The van der Waals surface area contributed by atoms with Crippen molar-refractivity contribution in [2.45, 2.75) is 40.5 Å². The molecule has 1 aromatic heterocycles. The highest BCUT2D eigenvalue weighted by atomic mass is 16.2. The first-order valence-electron chi connectivity index (χ1n) is 7.05. The van der Waals surface area contributed by atoms with Crippen LogP contribution in [-0.4, -0.2) is 15.6 Å². The van der Waals surface area contributed by atoms with Crippen LogP contribution in [0.3, 0.4) is 0 Å². The molecule has 0 unspecified atom stereocenters. The quantitative estimate of drug-likeness (QED) is 0.923. The number of para-hydroxylation sites is 1. The van der Waals surface area contributed by atoms with Crippen molar-refractivity contribution >= 4 is 16.8 Å². The Labute approximate surface area is 124 Å². The molecule has 1 heterocycles. The van der Waals surface area contributed by atoms with Crippen LogP contribution in [0.5, 0.6) is 0 Å². The second-order valence-electron chi connectivity index (χ2n) is 6.47. The molecule has 0 spiro atoms. The number of carbonyl (C=O) groups excluding carboxylic acids is 1. The molecule has 5 nitrogen and oxygen atoms in total. The Balaban J connectivity index is 2.66. The zero-order valence-electron chi connectivity index (χ0n) is 13.1. The van der Waals surface area contributed by atoms with E-state index >= 15 is 0 Å². The Morgan fingerprint density at radius 3 is 2.43 bits per heavy atom. The summed E-state index contributed by atoms with van der Waals surface area (Å²) in [6.45, 7) is 9.29. The number of hydrogen-bond donors (Lipinski definition) is 1. The van der Waals surface area contributed by atoms with Gasteiger partial charge in [-0.3, -0.25) is 15.0 Å². The van der Waals surface area contributed by atoms with Crippen molar-refractivity contribution in [3.05, 3.63) is 40.4 Å². The number of amides is 1. The van der Waals surface area contributed by atoms with Gasteiger partial charge in [0, 0.05) is 11.3 Å². The summed E-state index contributed by atoms with van der Waals surface area (Å²) in [5.74, 6) is 0.349. The molecule has 2 aromatic rings. The van der Waals surface area contributed by atoms with E-state index in [1.807, 2.05) is 19.9 Å². The summed E-state index contributed by atoms with van der Waals surface area (Å²) in [6.07, 6.45) is 0. The molecule has 2 rings (SSSR count). The number of nitrogens with zero attached hydrogens (tertiary/aromatic N) is 2. The Bertz CT molecular complexity index is 739. The van der Waals surface area contributed by atoms with Crippen molar-refractivity contribution in [1.82, 2.24) is 9.66 Å². The van der Waals surface area contributed by atoms with Crippen molar-refractivity contribution < 1.29 is 4.79 Å². The highest BCUT2D eigenvalue weighted by molar-refractivity contribution is 5.89. The highest BCUT2D eigenvalue weighted by Crippen LogP contribution is 2.16. The molecule has 0 atom stereocenters. The summed E-state index contributed by atoms with van der Waals surface area (Å²) in [5.41, 5.74) is 2.51. The maximum absolute atomic E-state index is 12.6. The van der Waals surface area contributed by atoms with E-state index < -0.39 is 5.41 Å². The Morgan fingerprint density at radius 2 is 1.86 bits per heavy atom. The fraction of sp³-hybridized carbons (Fsp3) is 0.438. The molecule has 0 saturated heterocycles.